The van der Waals surface area contributed by atoms with Gasteiger partial charge in [-0.2, -0.15) is 0 Å². The molecule has 3 aromatic carbocycles. The van der Waals surface area contributed by atoms with E-state index in [0.717, 1.165) is 5.56 Å². The zero-order chi connectivity index (χ0) is 20.2. The van der Waals surface area contributed by atoms with E-state index in [-0.39, 0.29) is 23.6 Å². The number of methoxy groups -OCH3 is 1. The van der Waals surface area contributed by atoms with E-state index < -0.39 is 0 Å². The summed E-state index contributed by atoms with van der Waals surface area (Å²) in [7, 11) is 1.57. The van der Waals surface area contributed by atoms with Gasteiger partial charge in [0.1, 0.15) is 41.5 Å². The molecule has 4 rings (SSSR count). The van der Waals surface area contributed by atoms with Crippen LogP contribution in [0.15, 0.2) is 82.2 Å². The van der Waals surface area contributed by atoms with Crippen LogP contribution in [0, 0.1) is 5.82 Å². The van der Waals surface area contributed by atoms with Crippen molar-refractivity contribution in [3.63, 3.8) is 0 Å². The average Bonchev–Trinajstić information content (AvgIpc) is 2.76. The van der Waals surface area contributed by atoms with Crippen LogP contribution in [0.2, 0.25) is 0 Å². The second-order valence-corrected chi connectivity index (χ2v) is 6.28. The summed E-state index contributed by atoms with van der Waals surface area (Å²) in [5.41, 5.74) is 0.928. The predicted molar refractivity (Wildman–Crippen MR) is 106 cm³/mol. The molecule has 0 saturated heterocycles. The van der Waals surface area contributed by atoms with Crippen LogP contribution in [0.25, 0.3) is 11.0 Å². The van der Waals surface area contributed by atoms with Crippen molar-refractivity contribution in [2.24, 2.45) is 0 Å². The second kappa shape index (κ2) is 8.06. The maximum Gasteiger partial charge on any atom is 0.235 e. The lowest BCUT2D eigenvalue weighted by molar-refractivity contribution is 0.306. The molecule has 5 nitrogen and oxygen atoms in total. The van der Waals surface area contributed by atoms with Crippen LogP contribution in [0.5, 0.6) is 23.0 Å². The Bertz CT molecular complexity index is 1180. The summed E-state index contributed by atoms with van der Waals surface area (Å²) in [4.78, 5) is 12.7. The Morgan fingerprint density at radius 1 is 0.897 bits per heavy atom. The van der Waals surface area contributed by atoms with Crippen LogP contribution in [0.3, 0.4) is 0 Å². The molecule has 0 atom stereocenters. The van der Waals surface area contributed by atoms with Crippen LogP contribution >= 0.6 is 0 Å². The van der Waals surface area contributed by atoms with E-state index in [0.29, 0.717) is 28.2 Å². The van der Waals surface area contributed by atoms with E-state index in [4.69, 9.17) is 18.6 Å². The number of hydrogen-bond acceptors (Lipinski definition) is 5. The Labute approximate surface area is 165 Å². The monoisotopic (exact) mass is 392 g/mol. The fraction of sp³-hybridized carbons (Fsp3) is 0.0870. The number of halogens is 1. The maximum atomic E-state index is 13.0. The van der Waals surface area contributed by atoms with Crippen LogP contribution in [0.4, 0.5) is 4.39 Å². The summed E-state index contributed by atoms with van der Waals surface area (Å²) in [5, 5.41) is 0.380. The van der Waals surface area contributed by atoms with E-state index >= 15 is 0 Å². The lowest BCUT2D eigenvalue weighted by Gasteiger charge is -2.09. The zero-order valence-corrected chi connectivity index (χ0v) is 15.6. The number of ether oxygens (including phenoxy) is 3. The van der Waals surface area contributed by atoms with Gasteiger partial charge in [-0.25, -0.2) is 4.39 Å². The van der Waals surface area contributed by atoms with Crippen molar-refractivity contribution in [1.82, 2.24) is 0 Å². The smallest absolute Gasteiger partial charge is 0.235 e. The third-order valence-electron chi connectivity index (χ3n) is 4.32. The number of hydrogen-bond donors (Lipinski definition) is 0. The summed E-state index contributed by atoms with van der Waals surface area (Å²) in [6.45, 7) is 0.273. The molecular weight excluding hydrogens is 375 g/mol. The highest BCUT2D eigenvalue weighted by Gasteiger charge is 2.10. The van der Waals surface area contributed by atoms with Crippen LogP contribution in [-0.4, -0.2) is 7.11 Å². The Morgan fingerprint density at radius 3 is 2.31 bits per heavy atom. The minimum atomic E-state index is -0.297. The molecule has 0 saturated carbocycles. The molecule has 0 aliphatic rings. The first-order valence-corrected chi connectivity index (χ1v) is 8.87. The molecule has 1 heterocycles. The fourth-order valence-electron chi connectivity index (χ4n) is 2.77. The molecule has 6 heteroatoms. The third-order valence-corrected chi connectivity index (χ3v) is 4.32. The highest BCUT2D eigenvalue weighted by Crippen LogP contribution is 2.25. The molecule has 0 aliphatic carbocycles. The molecule has 0 amide bonds. The van der Waals surface area contributed by atoms with Gasteiger partial charge in [-0.3, -0.25) is 4.79 Å². The van der Waals surface area contributed by atoms with Gasteiger partial charge >= 0.3 is 0 Å². The number of rotatable bonds is 6. The first kappa shape index (κ1) is 18.6. The van der Waals surface area contributed by atoms with Crippen molar-refractivity contribution in [3.05, 3.63) is 94.6 Å². The molecule has 0 N–H and O–H groups in total. The van der Waals surface area contributed by atoms with Crippen molar-refractivity contribution in [1.29, 1.82) is 0 Å². The van der Waals surface area contributed by atoms with Gasteiger partial charge in [0.05, 0.1) is 12.5 Å². The molecule has 0 aliphatic heterocycles. The Morgan fingerprint density at radius 2 is 1.59 bits per heavy atom. The summed E-state index contributed by atoms with van der Waals surface area (Å²) < 4.78 is 35.0. The molecule has 1 aromatic heterocycles. The molecule has 29 heavy (non-hydrogen) atoms. The van der Waals surface area contributed by atoms with Crippen LogP contribution in [-0.2, 0) is 6.61 Å². The van der Waals surface area contributed by atoms with E-state index in [1.54, 1.807) is 61.7 Å². The van der Waals surface area contributed by atoms with Crippen molar-refractivity contribution < 1.29 is 23.0 Å². The predicted octanol–water partition coefficient (Wildman–Crippen LogP) is 5.31. The van der Waals surface area contributed by atoms with E-state index in [9.17, 15) is 9.18 Å². The Hall–Kier alpha value is -3.80. The van der Waals surface area contributed by atoms with E-state index in [2.05, 4.69) is 0 Å². The minimum absolute atomic E-state index is 0.0858. The molecule has 0 spiro atoms. The summed E-state index contributed by atoms with van der Waals surface area (Å²) in [6, 6.07) is 17.9. The van der Waals surface area contributed by atoms with Crippen molar-refractivity contribution in [2.45, 2.75) is 6.61 Å². The van der Waals surface area contributed by atoms with Gasteiger partial charge in [0, 0.05) is 6.07 Å². The van der Waals surface area contributed by atoms with Gasteiger partial charge in [-0.1, -0.05) is 12.1 Å². The van der Waals surface area contributed by atoms with Crippen molar-refractivity contribution >= 4 is 11.0 Å². The molecule has 0 radical (unpaired) electrons. The van der Waals surface area contributed by atoms with Crippen molar-refractivity contribution in [2.75, 3.05) is 7.11 Å². The zero-order valence-electron chi connectivity index (χ0n) is 15.6. The number of fused-ring (bicyclic) bond motifs is 1. The van der Waals surface area contributed by atoms with Gasteiger partial charge < -0.3 is 18.6 Å². The first-order valence-electron chi connectivity index (χ1n) is 8.87. The lowest BCUT2D eigenvalue weighted by Crippen LogP contribution is -2.05. The van der Waals surface area contributed by atoms with Gasteiger partial charge in [0.25, 0.3) is 0 Å². The van der Waals surface area contributed by atoms with Crippen LogP contribution < -0.4 is 19.6 Å². The Balaban J connectivity index is 1.52. The van der Waals surface area contributed by atoms with Crippen molar-refractivity contribution in [3.8, 4) is 23.0 Å². The highest BCUT2D eigenvalue weighted by atomic mass is 19.1. The molecule has 0 bridgehead atoms. The maximum absolute atomic E-state index is 13.0. The fourth-order valence-corrected chi connectivity index (χ4v) is 2.77. The van der Waals surface area contributed by atoms with E-state index in [1.165, 1.54) is 18.4 Å². The largest absolute Gasteiger partial charge is 0.497 e. The molecular formula is C23H17FO5. The average molecular weight is 392 g/mol. The summed E-state index contributed by atoms with van der Waals surface area (Å²) in [6.07, 6.45) is 1.28. The standard InChI is InChI=1S/C23H17FO5/c1-26-17-6-8-18(9-7-17)29-22-14-28-21-12-19(10-11-20(21)23(22)25)27-13-15-2-4-16(24)5-3-15/h2-12,14H,13H2,1H3. The molecule has 4 aromatic rings. The van der Waals surface area contributed by atoms with E-state index in [1.807, 2.05) is 0 Å². The SMILES string of the molecule is COc1ccc(Oc2coc3cc(OCc4ccc(F)cc4)ccc3c2=O)cc1. The normalized spacial score (nSPS) is 10.7. The summed E-state index contributed by atoms with van der Waals surface area (Å²) >= 11 is 0. The topological polar surface area (TPSA) is 57.9 Å². The van der Waals surface area contributed by atoms with Gasteiger partial charge in [-0.15, -0.1) is 0 Å². The molecule has 146 valence electrons. The first-order chi connectivity index (χ1) is 14.1. The molecule has 0 unspecified atom stereocenters. The van der Waals surface area contributed by atoms with Gasteiger partial charge in [0.2, 0.25) is 11.2 Å². The van der Waals surface area contributed by atoms with Crippen LogP contribution in [0.1, 0.15) is 5.56 Å². The minimum Gasteiger partial charge on any atom is -0.497 e. The van der Waals surface area contributed by atoms with Gasteiger partial charge in [-0.05, 0) is 54.1 Å². The van der Waals surface area contributed by atoms with Gasteiger partial charge in [0.15, 0.2) is 0 Å². The third kappa shape index (κ3) is 4.21. The number of benzene rings is 3. The Kier molecular flexibility index (Phi) is 5.16. The second-order valence-electron chi connectivity index (χ2n) is 6.28. The summed E-state index contributed by atoms with van der Waals surface area (Å²) in [5.74, 6) is 1.51. The quantitative estimate of drug-likeness (QED) is 0.445. The highest BCUT2D eigenvalue weighted by molar-refractivity contribution is 5.79. The lowest BCUT2D eigenvalue weighted by atomic mass is 10.2. The molecule has 0 fully saturated rings.